The van der Waals surface area contributed by atoms with Crippen molar-refractivity contribution in [1.29, 1.82) is 0 Å². The Kier molecular flexibility index (Phi) is 1.12. The number of hydrogen-bond acceptors (Lipinski definition) is 3. The molecule has 0 unspecified atom stereocenters. The third-order valence-corrected chi connectivity index (χ3v) is 1.71. The van der Waals surface area contributed by atoms with Gasteiger partial charge in [0.2, 0.25) is 0 Å². The van der Waals surface area contributed by atoms with Crippen molar-refractivity contribution < 1.29 is 4.79 Å². The number of H-pyrrole nitrogens is 1. The van der Waals surface area contributed by atoms with Crippen LogP contribution in [0.3, 0.4) is 0 Å². The maximum atomic E-state index is 11.3. The number of amides is 1. The topological polar surface area (TPSA) is 61.0 Å². The molecule has 0 atom stereocenters. The Balaban J connectivity index is 2.46. The molecule has 5 heteroatoms. The molecule has 1 amide bonds. The van der Waals surface area contributed by atoms with Crippen molar-refractivity contribution >= 4 is 11.7 Å². The summed E-state index contributed by atoms with van der Waals surface area (Å²) in [6.07, 6.45) is 1.53. The molecule has 1 aliphatic rings. The van der Waals surface area contributed by atoms with Crippen molar-refractivity contribution in [2.24, 2.45) is 0 Å². The molecule has 58 valence electrons. The van der Waals surface area contributed by atoms with Crippen LogP contribution in [-0.4, -0.2) is 34.7 Å². The van der Waals surface area contributed by atoms with Crippen LogP contribution >= 0.6 is 0 Å². The predicted molar refractivity (Wildman–Crippen MR) is 39.2 cm³/mol. The normalized spacial score (nSPS) is 16.1. The Morgan fingerprint density at radius 3 is 3.36 bits per heavy atom. The highest BCUT2D eigenvalue weighted by molar-refractivity contribution is 5.99. The molecule has 0 saturated carbocycles. The molecule has 11 heavy (non-hydrogen) atoms. The van der Waals surface area contributed by atoms with Crippen molar-refractivity contribution in [2.45, 2.75) is 0 Å². The van der Waals surface area contributed by atoms with Gasteiger partial charge in [-0.25, -0.2) is 0 Å². The van der Waals surface area contributed by atoms with Gasteiger partial charge in [0.05, 0.1) is 12.9 Å². The van der Waals surface area contributed by atoms with Crippen LogP contribution in [0.1, 0.15) is 10.4 Å². The number of aromatic nitrogens is 2. The average Bonchev–Trinajstić information content (AvgIpc) is 2.45. The largest absolute Gasteiger partial charge is 0.352 e. The lowest BCUT2D eigenvalue weighted by molar-refractivity contribution is 0.0797. The molecule has 0 saturated heterocycles. The smallest absolute Gasteiger partial charge is 0.260 e. The van der Waals surface area contributed by atoms with Crippen molar-refractivity contribution in [1.82, 2.24) is 15.1 Å². The van der Waals surface area contributed by atoms with E-state index in [4.69, 9.17) is 0 Å². The first-order valence-electron chi connectivity index (χ1n) is 3.32. The molecule has 0 aromatic carbocycles. The van der Waals surface area contributed by atoms with Gasteiger partial charge in [-0.15, -0.1) is 0 Å². The third kappa shape index (κ3) is 0.772. The highest BCUT2D eigenvalue weighted by Crippen LogP contribution is 2.16. The summed E-state index contributed by atoms with van der Waals surface area (Å²) in [4.78, 5) is 12.9. The van der Waals surface area contributed by atoms with E-state index in [1.807, 2.05) is 0 Å². The minimum Gasteiger partial charge on any atom is -0.352 e. The lowest BCUT2D eigenvalue weighted by atomic mass is 10.2. The molecule has 0 aliphatic carbocycles. The summed E-state index contributed by atoms with van der Waals surface area (Å²) in [6, 6.07) is 0. The van der Waals surface area contributed by atoms with Crippen molar-refractivity contribution in [3.8, 4) is 0 Å². The second kappa shape index (κ2) is 1.98. The van der Waals surface area contributed by atoms with Gasteiger partial charge in [0.1, 0.15) is 11.4 Å². The van der Waals surface area contributed by atoms with Crippen molar-refractivity contribution in [3.05, 3.63) is 11.8 Å². The molecule has 2 rings (SSSR count). The molecule has 1 aliphatic heterocycles. The van der Waals surface area contributed by atoms with Gasteiger partial charge < -0.3 is 10.2 Å². The fraction of sp³-hybridized carbons (Fsp3) is 0.333. The van der Waals surface area contributed by atoms with Crippen LogP contribution in [0.4, 0.5) is 5.82 Å². The molecular formula is C6H8N4O. The molecule has 0 bridgehead atoms. The molecule has 1 aromatic heterocycles. The summed E-state index contributed by atoms with van der Waals surface area (Å²) in [6.45, 7) is 0.536. The van der Waals surface area contributed by atoms with Crippen LogP contribution in [0, 0.1) is 0 Å². The fourth-order valence-corrected chi connectivity index (χ4v) is 1.06. The molecule has 0 spiro atoms. The quantitative estimate of drug-likeness (QED) is 0.544. The van der Waals surface area contributed by atoms with Crippen LogP contribution in [-0.2, 0) is 0 Å². The number of hydrogen-bond donors (Lipinski definition) is 2. The summed E-state index contributed by atoms with van der Waals surface area (Å²) >= 11 is 0. The predicted octanol–water partition coefficient (Wildman–Crippen LogP) is -0.135. The van der Waals surface area contributed by atoms with E-state index in [2.05, 4.69) is 15.5 Å². The number of rotatable bonds is 0. The Bertz CT molecular complexity index is 293. The molecule has 5 nitrogen and oxygen atoms in total. The second-order valence-corrected chi connectivity index (χ2v) is 2.50. The standard InChI is InChI=1S/C6H8N4O/c1-10-3-7-5-4(6(10)11)2-8-9-5/h2H,3H2,1H3,(H2,7,8,9). The second-order valence-electron chi connectivity index (χ2n) is 2.50. The fourth-order valence-electron chi connectivity index (χ4n) is 1.06. The van der Waals surface area contributed by atoms with E-state index in [9.17, 15) is 4.79 Å². The van der Waals surface area contributed by atoms with Crippen LogP contribution in [0.25, 0.3) is 0 Å². The monoisotopic (exact) mass is 152 g/mol. The number of carbonyl (C=O) groups excluding carboxylic acids is 1. The number of anilines is 1. The zero-order chi connectivity index (χ0) is 7.84. The van der Waals surface area contributed by atoms with Gasteiger partial charge in [0, 0.05) is 7.05 Å². The Morgan fingerprint density at radius 2 is 2.55 bits per heavy atom. The van der Waals surface area contributed by atoms with Crippen molar-refractivity contribution in [3.63, 3.8) is 0 Å². The van der Waals surface area contributed by atoms with E-state index in [0.717, 1.165) is 0 Å². The highest BCUT2D eigenvalue weighted by atomic mass is 16.2. The van der Waals surface area contributed by atoms with Crippen molar-refractivity contribution in [2.75, 3.05) is 19.0 Å². The Morgan fingerprint density at radius 1 is 1.73 bits per heavy atom. The van der Waals surface area contributed by atoms with Gasteiger partial charge >= 0.3 is 0 Å². The minimum atomic E-state index is 0.00694. The summed E-state index contributed by atoms with van der Waals surface area (Å²) in [5.41, 5.74) is 0.610. The first kappa shape index (κ1) is 6.21. The molecule has 2 heterocycles. The van der Waals surface area contributed by atoms with E-state index in [1.165, 1.54) is 6.20 Å². The first-order chi connectivity index (χ1) is 5.29. The SMILES string of the molecule is CN1CNc2[nH]ncc2C1=O. The van der Waals surface area contributed by atoms with E-state index < -0.39 is 0 Å². The molecule has 1 aromatic rings. The summed E-state index contributed by atoms with van der Waals surface area (Å²) in [7, 11) is 1.74. The number of nitrogens with zero attached hydrogens (tertiary/aromatic N) is 2. The van der Waals surface area contributed by atoms with Gasteiger partial charge in [0.25, 0.3) is 5.91 Å². The minimum absolute atomic E-state index is 0.00694. The van der Waals surface area contributed by atoms with E-state index in [0.29, 0.717) is 18.1 Å². The van der Waals surface area contributed by atoms with E-state index >= 15 is 0 Å². The Labute approximate surface area is 63.4 Å². The third-order valence-electron chi connectivity index (χ3n) is 1.71. The number of nitrogens with one attached hydrogen (secondary N) is 2. The number of aromatic amines is 1. The van der Waals surface area contributed by atoms with Gasteiger partial charge in [-0.1, -0.05) is 0 Å². The van der Waals surface area contributed by atoms with Crippen LogP contribution < -0.4 is 5.32 Å². The Hall–Kier alpha value is -1.52. The summed E-state index contributed by atoms with van der Waals surface area (Å²) < 4.78 is 0. The maximum absolute atomic E-state index is 11.3. The van der Waals surface area contributed by atoms with Gasteiger partial charge in [-0.05, 0) is 0 Å². The first-order valence-corrected chi connectivity index (χ1v) is 3.32. The van der Waals surface area contributed by atoms with Gasteiger partial charge in [-0.2, -0.15) is 5.10 Å². The van der Waals surface area contributed by atoms with Crippen LogP contribution in [0.5, 0.6) is 0 Å². The van der Waals surface area contributed by atoms with Crippen LogP contribution in [0.2, 0.25) is 0 Å². The van der Waals surface area contributed by atoms with E-state index in [1.54, 1.807) is 11.9 Å². The lowest BCUT2D eigenvalue weighted by Crippen LogP contribution is -2.36. The number of carbonyl (C=O) groups is 1. The maximum Gasteiger partial charge on any atom is 0.260 e. The molecule has 0 fully saturated rings. The molecular weight excluding hydrogens is 144 g/mol. The van der Waals surface area contributed by atoms with Crippen LogP contribution in [0.15, 0.2) is 6.20 Å². The lowest BCUT2D eigenvalue weighted by Gasteiger charge is -2.22. The molecule has 0 radical (unpaired) electrons. The molecule has 2 N–H and O–H groups in total. The average molecular weight is 152 g/mol. The number of fused-ring (bicyclic) bond motifs is 1. The summed E-state index contributed by atoms with van der Waals surface area (Å²) in [5.74, 6) is 0.723. The van der Waals surface area contributed by atoms with Gasteiger partial charge in [0.15, 0.2) is 0 Å². The summed E-state index contributed by atoms with van der Waals surface area (Å²) in [5, 5.41) is 9.46. The van der Waals surface area contributed by atoms with Gasteiger partial charge in [-0.3, -0.25) is 9.89 Å². The zero-order valence-corrected chi connectivity index (χ0v) is 6.09. The zero-order valence-electron chi connectivity index (χ0n) is 6.09. The van der Waals surface area contributed by atoms with E-state index in [-0.39, 0.29) is 5.91 Å². The highest BCUT2D eigenvalue weighted by Gasteiger charge is 2.21.